The lowest BCUT2D eigenvalue weighted by Crippen LogP contribution is -2.40. The fraction of sp³-hybridized carbons (Fsp3) is 0.217. The monoisotopic (exact) mass is 427 g/mol. The molecule has 1 aliphatic heterocycles. The first-order valence-corrected chi connectivity index (χ1v) is 11.3. The van der Waals surface area contributed by atoms with Crippen LogP contribution in [-0.4, -0.2) is 44.3 Å². The highest BCUT2D eigenvalue weighted by molar-refractivity contribution is 7.16. The van der Waals surface area contributed by atoms with E-state index in [0.29, 0.717) is 0 Å². The number of nitrogens with zero attached hydrogens (tertiary/aromatic N) is 5. The van der Waals surface area contributed by atoms with Crippen LogP contribution in [-0.2, 0) is 0 Å². The van der Waals surface area contributed by atoms with Gasteiger partial charge in [0.05, 0.1) is 33.6 Å². The van der Waals surface area contributed by atoms with Gasteiger partial charge in [-0.25, -0.2) is 9.97 Å². The van der Waals surface area contributed by atoms with Gasteiger partial charge in [-0.05, 0) is 48.2 Å². The van der Waals surface area contributed by atoms with Crippen LogP contribution in [0.25, 0.3) is 43.6 Å². The molecule has 3 N–H and O–H groups in total. The molecule has 3 aromatic heterocycles. The topological polar surface area (TPSA) is 96.6 Å². The van der Waals surface area contributed by atoms with E-state index in [0.717, 1.165) is 70.7 Å². The van der Waals surface area contributed by atoms with Crippen molar-refractivity contribution in [1.82, 2.24) is 25.1 Å². The zero-order chi connectivity index (χ0) is 20.8. The summed E-state index contributed by atoms with van der Waals surface area (Å²) in [5.41, 5.74) is 13.8. The molecule has 0 spiro atoms. The Hall–Kier alpha value is -3.36. The van der Waals surface area contributed by atoms with Crippen molar-refractivity contribution >= 4 is 38.3 Å². The molecule has 5 aromatic rings. The van der Waals surface area contributed by atoms with E-state index in [2.05, 4.69) is 61.5 Å². The molecule has 0 unspecified atom stereocenters. The van der Waals surface area contributed by atoms with E-state index in [1.54, 1.807) is 17.5 Å². The molecule has 0 bridgehead atoms. The minimum atomic E-state index is 0.283. The van der Waals surface area contributed by atoms with E-state index in [4.69, 9.17) is 10.7 Å². The number of rotatable bonds is 3. The molecule has 0 saturated carbocycles. The quantitative estimate of drug-likeness (QED) is 0.447. The second kappa shape index (κ2) is 7.40. The lowest BCUT2D eigenvalue weighted by molar-refractivity contribution is 0.498. The summed E-state index contributed by atoms with van der Waals surface area (Å²) in [4.78, 5) is 16.0. The molecule has 0 aliphatic carbocycles. The van der Waals surface area contributed by atoms with Crippen LogP contribution in [0.1, 0.15) is 12.8 Å². The van der Waals surface area contributed by atoms with Gasteiger partial charge in [0.1, 0.15) is 17.2 Å². The third-order valence-electron chi connectivity index (χ3n) is 5.96. The molecule has 154 valence electrons. The zero-order valence-corrected chi connectivity index (χ0v) is 17.6. The number of piperidine rings is 1. The van der Waals surface area contributed by atoms with Gasteiger partial charge in [0.2, 0.25) is 0 Å². The molecule has 31 heavy (non-hydrogen) atoms. The number of nitrogens with two attached hydrogens (primary N) is 1. The molecule has 0 amide bonds. The highest BCUT2D eigenvalue weighted by Crippen LogP contribution is 2.32. The molecule has 7 nitrogen and oxygen atoms in total. The van der Waals surface area contributed by atoms with Gasteiger partial charge in [-0.15, -0.1) is 11.3 Å². The van der Waals surface area contributed by atoms with Crippen LogP contribution >= 0.6 is 11.3 Å². The first-order chi connectivity index (χ1) is 15.2. The molecule has 0 radical (unpaired) electrons. The van der Waals surface area contributed by atoms with Crippen molar-refractivity contribution in [3.05, 3.63) is 54.3 Å². The van der Waals surface area contributed by atoms with Gasteiger partial charge in [0.15, 0.2) is 0 Å². The van der Waals surface area contributed by atoms with Crippen molar-refractivity contribution in [2.75, 3.05) is 18.0 Å². The van der Waals surface area contributed by atoms with Crippen molar-refractivity contribution in [3.8, 4) is 22.5 Å². The summed E-state index contributed by atoms with van der Waals surface area (Å²) in [6, 6.07) is 13.0. The predicted octanol–water partition coefficient (Wildman–Crippen LogP) is 4.22. The number of thiazole rings is 1. The molecule has 8 heteroatoms. The molecular weight excluding hydrogens is 406 g/mol. The molecular formula is C23H21N7S. The van der Waals surface area contributed by atoms with Crippen molar-refractivity contribution in [1.29, 1.82) is 0 Å². The van der Waals surface area contributed by atoms with Crippen molar-refractivity contribution < 1.29 is 0 Å². The maximum absolute atomic E-state index is 6.05. The molecule has 6 rings (SSSR count). The average Bonchev–Trinajstić information content (AvgIpc) is 3.45. The average molecular weight is 428 g/mol. The Morgan fingerprint density at radius 2 is 1.87 bits per heavy atom. The lowest BCUT2D eigenvalue weighted by atomic mass is 10.0. The fourth-order valence-corrected chi connectivity index (χ4v) is 4.89. The van der Waals surface area contributed by atoms with Crippen LogP contribution in [0.3, 0.4) is 0 Å². The number of hydrogen-bond donors (Lipinski definition) is 2. The second-order valence-electron chi connectivity index (χ2n) is 7.95. The first kappa shape index (κ1) is 18.4. The number of fused-ring (bicyclic) bond motifs is 2. The Kier molecular flexibility index (Phi) is 4.40. The van der Waals surface area contributed by atoms with Gasteiger partial charge in [0.25, 0.3) is 0 Å². The number of benzene rings is 2. The zero-order valence-electron chi connectivity index (χ0n) is 16.8. The molecule has 4 heterocycles. The van der Waals surface area contributed by atoms with Crippen LogP contribution < -0.4 is 10.6 Å². The molecule has 1 fully saturated rings. The SMILES string of the molecule is NC1CCN(c2cncc(-c3n[nH]c4ccc(-c5ccc6ncsc6c5)cc34)n2)CC1. The van der Waals surface area contributed by atoms with Crippen LogP contribution in [0, 0.1) is 0 Å². The van der Waals surface area contributed by atoms with E-state index in [9.17, 15) is 0 Å². The third-order valence-corrected chi connectivity index (χ3v) is 6.75. The summed E-state index contributed by atoms with van der Waals surface area (Å²) in [5.74, 6) is 0.882. The van der Waals surface area contributed by atoms with Crippen molar-refractivity contribution in [2.45, 2.75) is 18.9 Å². The van der Waals surface area contributed by atoms with Crippen LogP contribution in [0.2, 0.25) is 0 Å². The van der Waals surface area contributed by atoms with Crippen molar-refractivity contribution in [3.63, 3.8) is 0 Å². The largest absolute Gasteiger partial charge is 0.355 e. The van der Waals surface area contributed by atoms with Gasteiger partial charge in [-0.3, -0.25) is 10.1 Å². The number of aromatic nitrogens is 5. The summed E-state index contributed by atoms with van der Waals surface area (Å²) < 4.78 is 1.19. The molecule has 1 saturated heterocycles. The molecule has 2 aromatic carbocycles. The number of hydrogen-bond acceptors (Lipinski definition) is 7. The van der Waals surface area contributed by atoms with E-state index in [-0.39, 0.29) is 6.04 Å². The Morgan fingerprint density at radius 3 is 2.77 bits per heavy atom. The number of H-pyrrole nitrogens is 1. The minimum Gasteiger partial charge on any atom is -0.355 e. The Labute approximate surface area is 183 Å². The third kappa shape index (κ3) is 3.34. The fourth-order valence-electron chi connectivity index (χ4n) is 4.17. The Bertz CT molecular complexity index is 1380. The Morgan fingerprint density at radius 1 is 1.03 bits per heavy atom. The number of nitrogens with one attached hydrogen (secondary N) is 1. The summed E-state index contributed by atoms with van der Waals surface area (Å²) in [5, 5.41) is 8.74. The first-order valence-electron chi connectivity index (χ1n) is 10.4. The van der Waals surface area contributed by atoms with Gasteiger partial charge in [0, 0.05) is 24.5 Å². The van der Waals surface area contributed by atoms with E-state index >= 15 is 0 Å². The molecule has 1 aliphatic rings. The number of anilines is 1. The van der Waals surface area contributed by atoms with Crippen molar-refractivity contribution in [2.24, 2.45) is 5.73 Å². The van der Waals surface area contributed by atoms with Gasteiger partial charge < -0.3 is 10.6 Å². The second-order valence-corrected chi connectivity index (χ2v) is 8.84. The highest BCUT2D eigenvalue weighted by atomic mass is 32.1. The van der Waals surface area contributed by atoms with Crippen LogP contribution in [0.4, 0.5) is 5.82 Å². The van der Waals surface area contributed by atoms with Crippen LogP contribution in [0.5, 0.6) is 0 Å². The number of aromatic amines is 1. The minimum absolute atomic E-state index is 0.283. The van der Waals surface area contributed by atoms with Crippen LogP contribution in [0.15, 0.2) is 54.3 Å². The maximum atomic E-state index is 6.05. The summed E-state index contributed by atoms with van der Waals surface area (Å²) >= 11 is 1.66. The smallest absolute Gasteiger partial charge is 0.147 e. The normalized spacial score (nSPS) is 15.2. The summed E-state index contributed by atoms with van der Waals surface area (Å²) in [7, 11) is 0. The summed E-state index contributed by atoms with van der Waals surface area (Å²) in [6.45, 7) is 1.82. The van der Waals surface area contributed by atoms with Gasteiger partial charge in [-0.2, -0.15) is 5.10 Å². The van der Waals surface area contributed by atoms with Gasteiger partial charge >= 0.3 is 0 Å². The Balaban J connectivity index is 1.39. The lowest BCUT2D eigenvalue weighted by Gasteiger charge is -2.30. The maximum Gasteiger partial charge on any atom is 0.147 e. The standard InChI is InChI=1S/C23H21N7S/c24-16-5-7-30(8-6-16)22-12-25-11-20(27-22)23-17-9-14(1-3-18(17)28-29-23)15-2-4-19-21(10-15)31-13-26-19/h1-4,9-13,16H,5-8,24H2,(H,28,29). The highest BCUT2D eigenvalue weighted by Gasteiger charge is 2.19. The van der Waals surface area contributed by atoms with Gasteiger partial charge in [-0.1, -0.05) is 12.1 Å². The molecule has 0 atom stereocenters. The predicted molar refractivity (Wildman–Crippen MR) is 125 cm³/mol. The van der Waals surface area contributed by atoms with E-state index < -0.39 is 0 Å². The summed E-state index contributed by atoms with van der Waals surface area (Å²) in [6.07, 6.45) is 5.56. The van der Waals surface area contributed by atoms with E-state index in [1.807, 2.05) is 11.7 Å². The van der Waals surface area contributed by atoms with E-state index in [1.165, 1.54) is 4.70 Å².